The van der Waals surface area contributed by atoms with Crippen molar-refractivity contribution in [1.82, 2.24) is 0 Å². The molecule has 0 aliphatic heterocycles. The molecule has 2 aromatic carbocycles. The highest BCUT2D eigenvalue weighted by molar-refractivity contribution is 9.13. The van der Waals surface area contributed by atoms with Gasteiger partial charge in [-0.25, -0.2) is 24.5 Å². The van der Waals surface area contributed by atoms with Crippen LogP contribution in [0, 0.1) is 55.6 Å². The maximum atomic E-state index is 13.3. The molecule has 0 saturated heterocycles. The van der Waals surface area contributed by atoms with E-state index in [1.165, 1.54) is 0 Å². The maximum Gasteiger partial charge on any atom is 0.387 e. The molecule has 0 N–H and O–H groups in total. The molecule has 0 atom stereocenters. The van der Waals surface area contributed by atoms with E-state index < -0.39 is 44.6 Å². The number of carbonyl (C=O) groups excluding carboxylic acids is 1. The van der Waals surface area contributed by atoms with Crippen LogP contribution >= 0.6 is 63.7 Å². The summed E-state index contributed by atoms with van der Waals surface area (Å²) in [6, 6.07) is 3.09. The van der Waals surface area contributed by atoms with Crippen LogP contribution in [0.5, 0.6) is 0 Å². The minimum Gasteiger partial charge on any atom is -0.454 e. The van der Waals surface area contributed by atoms with E-state index in [4.69, 9.17) is 16.6 Å². The zero-order valence-corrected chi connectivity index (χ0v) is 25.8. The third-order valence-electron chi connectivity index (χ3n) is 3.60. The number of nitro benzene ring substituents is 2. The smallest absolute Gasteiger partial charge is 0.387 e. The second-order valence-electron chi connectivity index (χ2n) is 7.56. The van der Waals surface area contributed by atoms with Gasteiger partial charge in [0.2, 0.25) is 0 Å². The van der Waals surface area contributed by atoms with Crippen molar-refractivity contribution in [3.05, 3.63) is 84.7 Å². The van der Waals surface area contributed by atoms with Crippen molar-refractivity contribution in [2.24, 2.45) is 0 Å². The van der Waals surface area contributed by atoms with Gasteiger partial charge >= 0.3 is 12.5 Å². The van der Waals surface area contributed by atoms with Gasteiger partial charge in [-0.05, 0) is 84.5 Å². The number of hydrogen-bond donors (Lipinski definition) is 0. The Balaban J connectivity index is 0.000000553. The van der Waals surface area contributed by atoms with Crippen LogP contribution < -0.4 is 0 Å². The first-order valence-electron chi connectivity index (χ1n) is 9.59. The summed E-state index contributed by atoms with van der Waals surface area (Å²) in [4.78, 5) is 32.8. The molecule has 0 unspecified atom stereocenters. The second kappa shape index (κ2) is 15.7. The Morgan fingerprint density at radius 1 is 1.00 bits per heavy atom. The third kappa shape index (κ3) is 11.0. The molecule has 0 radical (unpaired) electrons. The lowest BCUT2D eigenvalue weighted by Gasteiger charge is -2.17. The molecule has 17 heteroatoms. The second-order valence-corrected chi connectivity index (χ2v) is 10.7. The lowest BCUT2D eigenvalue weighted by Crippen LogP contribution is -2.24. The molecule has 2 aromatic rings. The van der Waals surface area contributed by atoms with Crippen molar-refractivity contribution in [3.63, 3.8) is 0 Å². The normalized spacial score (nSPS) is 10.0. The fraction of sp³-hybridized carbons (Fsp3) is 0.286. The highest BCUT2D eigenvalue weighted by Gasteiger charge is 2.23. The minimum atomic E-state index is -1.26. The highest BCUT2D eigenvalue weighted by atomic mass is 79.9. The number of nitriles is 1. The van der Waals surface area contributed by atoms with Gasteiger partial charge in [-0.2, -0.15) is 5.26 Å². The number of halogens is 7. The molecule has 10 nitrogen and oxygen atoms in total. The number of carbonyl (C=O) groups is 1. The summed E-state index contributed by atoms with van der Waals surface area (Å²) in [6.45, 7) is 11.5. The van der Waals surface area contributed by atoms with Crippen molar-refractivity contribution in [3.8, 4) is 6.07 Å². The van der Waals surface area contributed by atoms with Crippen molar-refractivity contribution in [2.45, 2.75) is 32.8 Å². The topological polar surface area (TPSA) is 141 Å². The fourth-order valence-electron chi connectivity index (χ4n) is 2.13. The van der Waals surface area contributed by atoms with Crippen LogP contribution in [0.2, 0.25) is 0 Å². The van der Waals surface area contributed by atoms with E-state index in [-0.39, 0.29) is 42.1 Å². The lowest BCUT2D eigenvalue weighted by molar-refractivity contribution is -0.386. The van der Waals surface area contributed by atoms with Gasteiger partial charge in [0.25, 0.3) is 11.4 Å². The summed E-state index contributed by atoms with van der Waals surface area (Å²) in [5.74, 6) is -3.64. The number of nitro groups is 2. The van der Waals surface area contributed by atoms with Crippen LogP contribution in [0.1, 0.15) is 26.3 Å². The molecule has 0 heterocycles. The van der Waals surface area contributed by atoms with Gasteiger partial charge in [0.05, 0.1) is 38.9 Å². The summed E-state index contributed by atoms with van der Waals surface area (Å²) in [5.41, 5.74) is -1.26. The molecule has 0 amide bonds. The van der Waals surface area contributed by atoms with Gasteiger partial charge in [0.1, 0.15) is 20.4 Å². The molecule has 0 aliphatic rings. The predicted molar refractivity (Wildman–Crippen MR) is 143 cm³/mol. The van der Waals surface area contributed by atoms with E-state index in [1.54, 1.807) is 26.8 Å². The Morgan fingerprint density at radius 3 is 1.84 bits per heavy atom. The van der Waals surface area contributed by atoms with Gasteiger partial charge in [0, 0.05) is 10.0 Å². The summed E-state index contributed by atoms with van der Waals surface area (Å²) in [6.07, 6.45) is -0.150. The summed E-state index contributed by atoms with van der Waals surface area (Å²) in [5, 5.41) is 29.3. The Bertz CT molecular complexity index is 1320. The molecule has 0 aromatic heterocycles. The van der Waals surface area contributed by atoms with Crippen molar-refractivity contribution < 1.29 is 32.5 Å². The Kier molecular flexibility index (Phi) is 14.6. The Labute approximate surface area is 247 Å². The quantitative estimate of drug-likeness (QED) is 0.0764. The predicted octanol–water partition coefficient (Wildman–Crippen LogP) is 7.97. The van der Waals surface area contributed by atoms with Crippen LogP contribution in [0.15, 0.2) is 30.0 Å². The van der Waals surface area contributed by atoms with Crippen LogP contribution in [-0.4, -0.2) is 28.0 Å². The largest absolute Gasteiger partial charge is 0.454 e. The molecular formula is C21H15Br4F3N4O6. The lowest BCUT2D eigenvalue weighted by atomic mass is 10.1. The zero-order valence-electron chi connectivity index (χ0n) is 19.5. The standard InChI is InChI=1S/C8H3Br2FN2O2.C7H11NO2.C6HBr2F2NO2/c9-7-4(1-2-12)5(11)3-6(8(7)10)13(14)15;1-7(2,3)10-6(9)5-8-4;7-4-3(11(12)13)1-2(9)6(10)5(4)8/h3H,1H2;5H2,1-3H3;1H. The zero-order chi connectivity index (χ0) is 30.0. The molecule has 0 aliphatic carbocycles. The van der Waals surface area contributed by atoms with Crippen LogP contribution in [0.25, 0.3) is 4.85 Å². The molecule has 0 bridgehead atoms. The van der Waals surface area contributed by atoms with E-state index in [0.29, 0.717) is 6.07 Å². The molecular weight excluding hydrogens is 781 g/mol. The van der Waals surface area contributed by atoms with Crippen molar-refractivity contribution in [1.29, 1.82) is 5.26 Å². The number of nitrogens with zero attached hydrogens (tertiary/aromatic N) is 4. The Morgan fingerprint density at radius 2 is 1.45 bits per heavy atom. The molecule has 38 heavy (non-hydrogen) atoms. The van der Waals surface area contributed by atoms with Crippen molar-refractivity contribution in [2.75, 3.05) is 6.54 Å². The number of hydrogen-bond acceptors (Lipinski definition) is 7. The SMILES string of the molecule is N#CCc1c(F)cc([N+](=O)[O-])c(Br)c1Br.O=[N+]([O-])c1cc(F)c(F)c(Br)c1Br.[C-]#[N+]CC(=O)OC(C)(C)C. The number of ether oxygens (including phenoxy) is 1. The summed E-state index contributed by atoms with van der Waals surface area (Å²) >= 11 is 11.4. The minimum absolute atomic E-state index is 0.106. The fourth-order valence-corrected chi connectivity index (χ4v) is 3.98. The van der Waals surface area contributed by atoms with Crippen LogP contribution in [-0.2, 0) is 16.0 Å². The number of rotatable bonds is 4. The molecule has 0 fully saturated rings. The van der Waals surface area contributed by atoms with Gasteiger partial charge in [-0.1, -0.05) is 0 Å². The monoisotopic (exact) mass is 792 g/mol. The van der Waals surface area contributed by atoms with E-state index >= 15 is 0 Å². The number of esters is 1. The molecule has 0 spiro atoms. The molecule has 0 saturated carbocycles. The summed E-state index contributed by atoms with van der Waals surface area (Å²) in [7, 11) is 0. The van der Waals surface area contributed by atoms with E-state index in [1.807, 2.05) is 0 Å². The van der Waals surface area contributed by atoms with E-state index in [0.717, 1.165) is 6.07 Å². The van der Waals surface area contributed by atoms with Gasteiger partial charge in [0.15, 0.2) is 11.6 Å². The first-order chi connectivity index (χ1) is 17.4. The van der Waals surface area contributed by atoms with Gasteiger partial charge < -0.3 is 9.58 Å². The first-order valence-corrected chi connectivity index (χ1v) is 12.8. The van der Waals surface area contributed by atoms with Gasteiger partial charge in [-0.15, -0.1) is 0 Å². The average Bonchev–Trinajstić information content (AvgIpc) is 2.79. The third-order valence-corrected chi connectivity index (χ3v) is 7.88. The number of benzene rings is 2. The first kappa shape index (κ1) is 35.4. The van der Waals surface area contributed by atoms with E-state index in [2.05, 4.69) is 68.6 Å². The molecule has 2 rings (SSSR count). The average molecular weight is 796 g/mol. The van der Waals surface area contributed by atoms with Gasteiger partial charge in [-0.3, -0.25) is 20.2 Å². The van der Waals surface area contributed by atoms with Crippen LogP contribution in [0.3, 0.4) is 0 Å². The van der Waals surface area contributed by atoms with Crippen LogP contribution in [0.4, 0.5) is 24.5 Å². The maximum absolute atomic E-state index is 13.3. The van der Waals surface area contributed by atoms with E-state index in [9.17, 15) is 38.2 Å². The highest BCUT2D eigenvalue weighted by Crippen LogP contribution is 2.37. The Hall–Kier alpha value is -2.60. The van der Waals surface area contributed by atoms with Crippen molar-refractivity contribution >= 4 is 81.1 Å². The molecule has 204 valence electrons. The summed E-state index contributed by atoms with van der Waals surface area (Å²) < 4.78 is 43.5.